The fourth-order valence-corrected chi connectivity index (χ4v) is 4.00. The van der Waals surface area contributed by atoms with E-state index in [9.17, 15) is 19.5 Å². The Morgan fingerprint density at radius 3 is 1.88 bits per heavy atom. The van der Waals surface area contributed by atoms with Crippen LogP contribution in [0.25, 0.3) is 11.1 Å². The van der Waals surface area contributed by atoms with Gasteiger partial charge in [-0.2, -0.15) is 0 Å². The van der Waals surface area contributed by atoms with Crippen molar-refractivity contribution in [1.29, 1.82) is 0 Å². The molecule has 11 heteroatoms. The third kappa shape index (κ3) is 5.56. The number of amides is 2. The first-order valence-electron chi connectivity index (χ1n) is 8.73. The number of hydrogen-bond donors (Lipinski definition) is 6. The standard InChI is InChI=1S/C14H14N4O2.C7H4Br2O3/c15-8-3-1-7(2-4-8)9-5-6-10(16)12(14(18)20)11(9)13(17)19;8-3-1-4(7(11)12)6(10)5(9)2-3/h1-6H,15-16H2,(H2,17,19)(H2,18,20);1-2,10H,(H,11,12). The van der Waals surface area contributed by atoms with Gasteiger partial charge in [0, 0.05) is 15.8 Å². The topological polar surface area (TPSA) is 196 Å². The van der Waals surface area contributed by atoms with Crippen LogP contribution in [-0.2, 0) is 0 Å². The molecule has 0 heterocycles. The van der Waals surface area contributed by atoms with Gasteiger partial charge in [-0.3, -0.25) is 9.59 Å². The van der Waals surface area contributed by atoms with Crippen LogP contribution in [0, 0.1) is 0 Å². The molecule has 0 aromatic heterocycles. The number of carboxylic acids is 1. The van der Waals surface area contributed by atoms with E-state index in [1.807, 2.05) is 0 Å². The number of rotatable bonds is 4. The van der Waals surface area contributed by atoms with E-state index in [0.29, 0.717) is 25.8 Å². The molecule has 0 aliphatic rings. The summed E-state index contributed by atoms with van der Waals surface area (Å²) in [6.07, 6.45) is 0. The Balaban J connectivity index is 0.000000258. The molecule has 10 N–H and O–H groups in total. The molecule has 0 radical (unpaired) electrons. The fourth-order valence-electron chi connectivity index (χ4n) is 2.77. The van der Waals surface area contributed by atoms with Gasteiger partial charge in [0.15, 0.2) is 0 Å². The largest absolute Gasteiger partial charge is 0.506 e. The highest BCUT2D eigenvalue weighted by atomic mass is 79.9. The number of carbonyl (C=O) groups excluding carboxylic acids is 2. The molecule has 0 fully saturated rings. The van der Waals surface area contributed by atoms with Gasteiger partial charge in [0.05, 0.1) is 15.6 Å². The van der Waals surface area contributed by atoms with Gasteiger partial charge in [0.1, 0.15) is 11.3 Å². The SMILES string of the molecule is NC(=O)c1c(N)ccc(-c2ccc(N)cc2)c1C(N)=O.O=C(O)c1cc(Br)cc(Br)c1O. The van der Waals surface area contributed by atoms with Gasteiger partial charge in [-0.05, 0) is 57.4 Å². The summed E-state index contributed by atoms with van der Waals surface area (Å²) in [5, 5.41) is 17.9. The van der Waals surface area contributed by atoms with Gasteiger partial charge >= 0.3 is 5.97 Å². The van der Waals surface area contributed by atoms with Crippen molar-refractivity contribution >= 4 is 61.0 Å². The van der Waals surface area contributed by atoms with Crippen LogP contribution in [-0.4, -0.2) is 28.0 Å². The van der Waals surface area contributed by atoms with E-state index in [0.717, 1.165) is 0 Å². The molecule has 3 rings (SSSR count). The van der Waals surface area contributed by atoms with Gasteiger partial charge in [-0.1, -0.05) is 34.1 Å². The minimum absolute atomic E-state index is 0.0160. The molecular weight excluding hydrogens is 548 g/mol. The number of benzene rings is 3. The minimum Gasteiger partial charge on any atom is -0.506 e. The van der Waals surface area contributed by atoms with Crippen LogP contribution in [0.15, 0.2) is 57.5 Å². The summed E-state index contributed by atoms with van der Waals surface area (Å²) in [5.74, 6) is -2.98. The molecular formula is C21H18Br2N4O5. The zero-order valence-electron chi connectivity index (χ0n) is 16.3. The van der Waals surface area contributed by atoms with Crippen molar-refractivity contribution in [3.05, 3.63) is 74.2 Å². The summed E-state index contributed by atoms with van der Waals surface area (Å²) in [7, 11) is 0. The second kappa shape index (κ2) is 10.2. The number of nitrogens with two attached hydrogens (primary N) is 4. The van der Waals surface area contributed by atoms with Crippen molar-refractivity contribution in [2.24, 2.45) is 11.5 Å². The summed E-state index contributed by atoms with van der Waals surface area (Å²) in [5.41, 5.74) is 23.7. The van der Waals surface area contributed by atoms with E-state index < -0.39 is 17.8 Å². The number of aromatic hydroxyl groups is 1. The number of carboxylic acid groups (broad SMARTS) is 1. The molecule has 166 valence electrons. The summed E-state index contributed by atoms with van der Waals surface area (Å²) >= 11 is 6.13. The molecule has 32 heavy (non-hydrogen) atoms. The lowest BCUT2D eigenvalue weighted by Crippen LogP contribution is -2.23. The van der Waals surface area contributed by atoms with Crippen LogP contribution in [0.2, 0.25) is 0 Å². The highest BCUT2D eigenvalue weighted by Crippen LogP contribution is 2.32. The maximum absolute atomic E-state index is 11.7. The van der Waals surface area contributed by atoms with Gasteiger partial charge < -0.3 is 33.1 Å². The Hall–Kier alpha value is -3.57. The van der Waals surface area contributed by atoms with Crippen molar-refractivity contribution in [3.8, 4) is 16.9 Å². The Morgan fingerprint density at radius 1 is 0.812 bits per heavy atom. The van der Waals surface area contributed by atoms with Gasteiger partial charge in [-0.25, -0.2) is 4.79 Å². The molecule has 0 aliphatic heterocycles. The lowest BCUT2D eigenvalue weighted by atomic mass is 9.93. The predicted molar refractivity (Wildman–Crippen MR) is 128 cm³/mol. The summed E-state index contributed by atoms with van der Waals surface area (Å²) < 4.78 is 0.957. The third-order valence-electron chi connectivity index (χ3n) is 4.21. The van der Waals surface area contributed by atoms with Crippen LogP contribution in [0.4, 0.5) is 11.4 Å². The Bertz CT molecular complexity index is 1210. The average Bonchev–Trinajstić information content (AvgIpc) is 2.71. The maximum Gasteiger partial charge on any atom is 0.339 e. The molecule has 2 amide bonds. The van der Waals surface area contributed by atoms with Gasteiger partial charge in [0.2, 0.25) is 5.91 Å². The second-order valence-corrected chi connectivity index (χ2v) is 8.16. The van der Waals surface area contributed by atoms with E-state index in [1.165, 1.54) is 12.1 Å². The van der Waals surface area contributed by atoms with Crippen LogP contribution in [0.1, 0.15) is 31.1 Å². The van der Waals surface area contributed by atoms with Crippen LogP contribution < -0.4 is 22.9 Å². The van der Waals surface area contributed by atoms with E-state index >= 15 is 0 Å². The number of carbonyl (C=O) groups is 3. The average molecular weight is 566 g/mol. The molecule has 0 saturated heterocycles. The highest BCUT2D eigenvalue weighted by Gasteiger charge is 2.21. The molecule has 3 aromatic carbocycles. The molecule has 0 spiro atoms. The zero-order chi connectivity index (χ0) is 24.2. The first-order valence-corrected chi connectivity index (χ1v) is 10.3. The van der Waals surface area contributed by atoms with Crippen molar-refractivity contribution in [2.75, 3.05) is 11.5 Å². The maximum atomic E-state index is 11.7. The monoisotopic (exact) mass is 564 g/mol. The third-order valence-corrected chi connectivity index (χ3v) is 5.27. The summed E-state index contributed by atoms with van der Waals surface area (Å²) in [4.78, 5) is 33.7. The number of primary amides is 2. The summed E-state index contributed by atoms with van der Waals surface area (Å²) in [6.45, 7) is 0. The van der Waals surface area contributed by atoms with E-state index in [2.05, 4.69) is 31.9 Å². The first-order chi connectivity index (χ1) is 14.9. The smallest absolute Gasteiger partial charge is 0.339 e. The summed E-state index contributed by atoms with van der Waals surface area (Å²) in [6, 6.07) is 12.8. The molecule has 0 saturated carbocycles. The molecule has 0 unspecified atom stereocenters. The molecule has 0 aliphatic carbocycles. The Kier molecular flexibility index (Phi) is 7.84. The quantitative estimate of drug-likeness (QED) is 0.261. The lowest BCUT2D eigenvalue weighted by Gasteiger charge is -2.13. The van der Waals surface area contributed by atoms with Crippen molar-refractivity contribution in [1.82, 2.24) is 0 Å². The number of hydrogen-bond acceptors (Lipinski definition) is 6. The number of anilines is 2. The first kappa shape index (κ1) is 24.7. The van der Waals surface area contributed by atoms with Crippen LogP contribution >= 0.6 is 31.9 Å². The predicted octanol–water partition coefficient (Wildman–Crippen LogP) is 3.33. The fraction of sp³-hybridized carbons (Fsp3) is 0. The normalized spacial score (nSPS) is 10.1. The van der Waals surface area contributed by atoms with E-state index in [1.54, 1.807) is 36.4 Å². The van der Waals surface area contributed by atoms with Crippen molar-refractivity contribution in [3.63, 3.8) is 0 Å². The van der Waals surface area contributed by atoms with Gasteiger partial charge in [-0.15, -0.1) is 0 Å². The minimum atomic E-state index is -1.16. The van der Waals surface area contributed by atoms with Crippen LogP contribution in [0.3, 0.4) is 0 Å². The lowest BCUT2D eigenvalue weighted by molar-refractivity contribution is 0.0693. The molecule has 3 aromatic rings. The Morgan fingerprint density at radius 2 is 1.38 bits per heavy atom. The second-order valence-electron chi connectivity index (χ2n) is 6.39. The highest BCUT2D eigenvalue weighted by molar-refractivity contribution is 9.11. The van der Waals surface area contributed by atoms with Crippen molar-refractivity contribution in [2.45, 2.75) is 0 Å². The zero-order valence-corrected chi connectivity index (χ0v) is 19.5. The number of nitrogen functional groups attached to an aromatic ring is 2. The van der Waals surface area contributed by atoms with Crippen molar-refractivity contribution < 1.29 is 24.6 Å². The number of aromatic carboxylic acids is 1. The number of phenols is 1. The van der Waals surface area contributed by atoms with E-state index in [4.69, 9.17) is 28.0 Å². The molecule has 9 nitrogen and oxygen atoms in total. The van der Waals surface area contributed by atoms with Crippen LogP contribution in [0.5, 0.6) is 5.75 Å². The molecule has 0 atom stereocenters. The number of halogens is 2. The molecule has 0 bridgehead atoms. The Labute approximate surface area is 199 Å². The van der Waals surface area contributed by atoms with Gasteiger partial charge in [0.25, 0.3) is 5.91 Å². The van der Waals surface area contributed by atoms with E-state index in [-0.39, 0.29) is 28.1 Å².